The molecule has 0 radical (unpaired) electrons. The van der Waals surface area contributed by atoms with E-state index in [0.29, 0.717) is 23.8 Å². The lowest BCUT2D eigenvalue weighted by atomic mass is 10.2. The summed E-state index contributed by atoms with van der Waals surface area (Å²) in [5.41, 5.74) is 1.25. The maximum atomic E-state index is 12.3. The molecular formula is C18H25N5O4. The van der Waals surface area contributed by atoms with Gasteiger partial charge in [0.2, 0.25) is 11.8 Å². The van der Waals surface area contributed by atoms with Gasteiger partial charge >= 0.3 is 0 Å². The molecule has 0 atom stereocenters. The van der Waals surface area contributed by atoms with Crippen LogP contribution in [0, 0.1) is 17.0 Å². The van der Waals surface area contributed by atoms with Gasteiger partial charge in [0.05, 0.1) is 18.0 Å². The molecule has 9 heteroatoms. The predicted octanol–water partition coefficient (Wildman–Crippen LogP) is 0.738. The van der Waals surface area contributed by atoms with Gasteiger partial charge in [0.1, 0.15) is 0 Å². The number of nitrogens with one attached hydrogen (secondary N) is 2. The molecule has 1 aliphatic heterocycles. The average Bonchev–Trinajstić information content (AvgIpc) is 3.42. The van der Waals surface area contributed by atoms with E-state index in [1.165, 1.54) is 12.1 Å². The monoisotopic (exact) mass is 375 g/mol. The number of anilines is 1. The van der Waals surface area contributed by atoms with Crippen LogP contribution in [0.4, 0.5) is 11.4 Å². The fourth-order valence-electron chi connectivity index (χ4n) is 3.10. The Morgan fingerprint density at radius 2 is 1.70 bits per heavy atom. The largest absolute Gasteiger partial charge is 0.352 e. The first-order valence-electron chi connectivity index (χ1n) is 9.19. The van der Waals surface area contributed by atoms with Gasteiger partial charge in [0, 0.05) is 50.0 Å². The molecule has 1 saturated heterocycles. The minimum absolute atomic E-state index is 0.00680. The topological polar surface area (TPSA) is 108 Å². The van der Waals surface area contributed by atoms with Crippen molar-refractivity contribution in [2.45, 2.75) is 25.8 Å². The zero-order chi connectivity index (χ0) is 19.4. The number of carbonyl (C=O) groups is 2. The first-order valence-corrected chi connectivity index (χ1v) is 9.19. The first-order chi connectivity index (χ1) is 12.9. The van der Waals surface area contributed by atoms with Crippen molar-refractivity contribution in [1.29, 1.82) is 0 Å². The van der Waals surface area contributed by atoms with Crippen molar-refractivity contribution in [3.8, 4) is 0 Å². The van der Waals surface area contributed by atoms with Crippen molar-refractivity contribution in [3.63, 3.8) is 0 Å². The Morgan fingerprint density at radius 1 is 1.11 bits per heavy atom. The number of hydrogen-bond donors (Lipinski definition) is 2. The van der Waals surface area contributed by atoms with E-state index in [9.17, 15) is 19.7 Å². The Morgan fingerprint density at radius 3 is 2.22 bits per heavy atom. The third kappa shape index (κ3) is 5.73. The smallest absolute Gasteiger partial charge is 0.269 e. The summed E-state index contributed by atoms with van der Waals surface area (Å²) < 4.78 is 0. The standard InChI is InChI=1S/C18H25N5O4/c1-13-10-15(23(26)27)4-5-16(13)20-18(25)12-22-8-6-21(7-9-22)11-17(24)19-14-2-3-14/h4-5,10,14H,2-3,6-9,11-12H2,1H3,(H,19,24)(H,20,25). The fraction of sp³-hybridized carbons (Fsp3) is 0.556. The summed E-state index contributed by atoms with van der Waals surface area (Å²) in [5, 5.41) is 16.6. The van der Waals surface area contributed by atoms with E-state index in [1.54, 1.807) is 13.0 Å². The van der Waals surface area contributed by atoms with Gasteiger partial charge in [0.15, 0.2) is 0 Å². The quantitative estimate of drug-likeness (QED) is 0.538. The molecule has 1 aliphatic carbocycles. The van der Waals surface area contributed by atoms with Gasteiger partial charge in [-0.15, -0.1) is 0 Å². The van der Waals surface area contributed by atoms with Crippen LogP contribution in [0.2, 0.25) is 0 Å². The molecule has 0 bridgehead atoms. The number of nitro benzene ring substituents is 1. The second-order valence-corrected chi connectivity index (χ2v) is 7.20. The molecule has 2 fully saturated rings. The maximum Gasteiger partial charge on any atom is 0.269 e. The van der Waals surface area contributed by atoms with E-state index in [2.05, 4.69) is 15.5 Å². The summed E-state index contributed by atoms with van der Waals surface area (Å²) in [6.45, 7) is 5.36. The van der Waals surface area contributed by atoms with Crippen LogP contribution in [-0.4, -0.2) is 71.8 Å². The molecule has 1 aromatic rings. The molecule has 146 valence electrons. The number of non-ortho nitro benzene ring substituents is 1. The molecule has 27 heavy (non-hydrogen) atoms. The maximum absolute atomic E-state index is 12.3. The highest BCUT2D eigenvalue weighted by Gasteiger charge is 2.25. The Kier molecular flexibility index (Phi) is 6.02. The second kappa shape index (κ2) is 8.45. The van der Waals surface area contributed by atoms with Crippen LogP contribution in [0.1, 0.15) is 18.4 Å². The van der Waals surface area contributed by atoms with Crippen LogP contribution in [0.25, 0.3) is 0 Å². The number of nitrogens with zero attached hydrogens (tertiary/aromatic N) is 3. The van der Waals surface area contributed by atoms with Gasteiger partial charge in [0.25, 0.3) is 5.69 Å². The van der Waals surface area contributed by atoms with Gasteiger partial charge in [-0.3, -0.25) is 29.5 Å². The van der Waals surface area contributed by atoms with E-state index in [4.69, 9.17) is 0 Å². The van der Waals surface area contributed by atoms with Crippen molar-refractivity contribution in [3.05, 3.63) is 33.9 Å². The molecule has 1 saturated carbocycles. The van der Waals surface area contributed by atoms with E-state index in [0.717, 1.165) is 39.0 Å². The lowest BCUT2D eigenvalue weighted by Crippen LogP contribution is -2.51. The third-order valence-corrected chi connectivity index (χ3v) is 4.84. The Bertz CT molecular complexity index is 726. The fourth-order valence-corrected chi connectivity index (χ4v) is 3.10. The molecule has 9 nitrogen and oxygen atoms in total. The van der Waals surface area contributed by atoms with Crippen molar-refractivity contribution in [2.75, 3.05) is 44.6 Å². The summed E-state index contributed by atoms with van der Waals surface area (Å²) >= 11 is 0. The van der Waals surface area contributed by atoms with E-state index >= 15 is 0 Å². The normalized spacial score (nSPS) is 18.1. The van der Waals surface area contributed by atoms with Gasteiger partial charge < -0.3 is 10.6 Å². The average molecular weight is 375 g/mol. The summed E-state index contributed by atoms with van der Waals surface area (Å²) in [6, 6.07) is 4.77. The number of nitro groups is 1. The van der Waals surface area contributed by atoms with E-state index < -0.39 is 4.92 Å². The molecule has 1 aromatic carbocycles. The Balaban J connectivity index is 1.41. The summed E-state index contributed by atoms with van der Waals surface area (Å²) in [6.07, 6.45) is 2.17. The molecule has 2 N–H and O–H groups in total. The molecule has 1 heterocycles. The highest BCUT2D eigenvalue weighted by atomic mass is 16.6. The first kappa shape index (κ1) is 19.2. The van der Waals surface area contributed by atoms with Crippen LogP contribution in [0.5, 0.6) is 0 Å². The summed E-state index contributed by atoms with van der Waals surface area (Å²) in [5.74, 6) is -0.0655. The SMILES string of the molecule is Cc1cc([N+](=O)[O-])ccc1NC(=O)CN1CCN(CC(=O)NC2CC2)CC1. The Labute approximate surface area is 157 Å². The third-order valence-electron chi connectivity index (χ3n) is 4.84. The molecule has 0 unspecified atom stereocenters. The van der Waals surface area contributed by atoms with Crippen molar-refractivity contribution in [2.24, 2.45) is 0 Å². The highest BCUT2D eigenvalue weighted by Crippen LogP contribution is 2.21. The number of rotatable bonds is 7. The van der Waals surface area contributed by atoms with Gasteiger partial charge in [-0.25, -0.2) is 0 Å². The molecule has 3 rings (SSSR count). The predicted molar refractivity (Wildman–Crippen MR) is 101 cm³/mol. The van der Waals surface area contributed by atoms with Gasteiger partial charge in [-0.05, 0) is 31.4 Å². The van der Waals surface area contributed by atoms with Crippen LogP contribution in [-0.2, 0) is 9.59 Å². The van der Waals surface area contributed by atoms with E-state index in [1.807, 2.05) is 4.90 Å². The van der Waals surface area contributed by atoms with E-state index in [-0.39, 0.29) is 24.0 Å². The number of amides is 2. The zero-order valence-electron chi connectivity index (χ0n) is 15.4. The number of piperazine rings is 1. The number of hydrogen-bond acceptors (Lipinski definition) is 6. The van der Waals surface area contributed by atoms with Crippen molar-refractivity contribution >= 4 is 23.2 Å². The molecule has 2 amide bonds. The lowest BCUT2D eigenvalue weighted by molar-refractivity contribution is -0.384. The Hall–Kier alpha value is -2.52. The number of benzene rings is 1. The molecule has 2 aliphatic rings. The molecule has 0 aromatic heterocycles. The van der Waals surface area contributed by atoms with Crippen LogP contribution in [0.3, 0.4) is 0 Å². The minimum atomic E-state index is -0.455. The van der Waals surface area contributed by atoms with Gasteiger partial charge in [-0.2, -0.15) is 0 Å². The number of aryl methyl sites for hydroxylation is 1. The molecular weight excluding hydrogens is 350 g/mol. The van der Waals surface area contributed by atoms with Crippen LogP contribution in [0.15, 0.2) is 18.2 Å². The lowest BCUT2D eigenvalue weighted by Gasteiger charge is -2.33. The highest BCUT2D eigenvalue weighted by molar-refractivity contribution is 5.93. The van der Waals surface area contributed by atoms with Gasteiger partial charge in [-0.1, -0.05) is 0 Å². The van der Waals surface area contributed by atoms with Crippen LogP contribution >= 0.6 is 0 Å². The van der Waals surface area contributed by atoms with Crippen molar-refractivity contribution in [1.82, 2.24) is 15.1 Å². The zero-order valence-corrected chi connectivity index (χ0v) is 15.4. The summed E-state index contributed by atoms with van der Waals surface area (Å²) in [7, 11) is 0. The molecule has 0 spiro atoms. The van der Waals surface area contributed by atoms with Crippen LogP contribution < -0.4 is 10.6 Å². The second-order valence-electron chi connectivity index (χ2n) is 7.20. The van der Waals surface area contributed by atoms with Crippen molar-refractivity contribution < 1.29 is 14.5 Å². The number of carbonyl (C=O) groups excluding carboxylic acids is 2. The minimum Gasteiger partial charge on any atom is -0.352 e. The summed E-state index contributed by atoms with van der Waals surface area (Å²) in [4.78, 5) is 38.6.